The molecule has 0 spiro atoms. The summed E-state index contributed by atoms with van der Waals surface area (Å²) in [6, 6.07) is 0. The zero-order chi connectivity index (χ0) is 13.8. The molecule has 0 aromatic carbocycles. The summed E-state index contributed by atoms with van der Waals surface area (Å²) in [5.41, 5.74) is 0.546. The summed E-state index contributed by atoms with van der Waals surface area (Å²) in [6.07, 6.45) is 2.90. The Morgan fingerprint density at radius 3 is 2.17 bits per heavy atom. The van der Waals surface area contributed by atoms with Crippen molar-refractivity contribution >= 4 is 0 Å². The molecule has 1 aromatic heterocycles. The number of nitrogens with zero attached hydrogens (tertiary/aromatic N) is 4. The van der Waals surface area contributed by atoms with Crippen LogP contribution in [-0.2, 0) is 7.05 Å². The highest BCUT2D eigenvalue weighted by molar-refractivity contribution is 5.09. The lowest BCUT2D eigenvalue weighted by Crippen LogP contribution is -2.52. The minimum Gasteiger partial charge on any atom is -0.385 e. The van der Waals surface area contributed by atoms with Gasteiger partial charge >= 0.3 is 0 Å². The molecular weight excluding hydrogens is 228 g/mol. The number of hydrogen-bond donors (Lipinski definition) is 1. The van der Waals surface area contributed by atoms with Crippen molar-refractivity contribution in [3.63, 3.8) is 0 Å². The van der Waals surface area contributed by atoms with Gasteiger partial charge in [0.15, 0.2) is 0 Å². The quantitative estimate of drug-likeness (QED) is 0.805. The van der Waals surface area contributed by atoms with E-state index in [-0.39, 0.29) is 5.54 Å². The van der Waals surface area contributed by atoms with Gasteiger partial charge in [-0.2, -0.15) is 0 Å². The Balaban J connectivity index is 3.15. The highest BCUT2D eigenvalue weighted by Gasteiger charge is 2.41. The van der Waals surface area contributed by atoms with E-state index in [0.717, 1.165) is 31.6 Å². The minimum atomic E-state index is -0.563. The molecule has 1 rings (SSSR count). The highest BCUT2D eigenvalue weighted by Crippen LogP contribution is 2.36. The van der Waals surface area contributed by atoms with Crippen molar-refractivity contribution in [2.24, 2.45) is 7.05 Å². The SMILES string of the molecule is CCN(CC)C(CC)(CC)C(O)c1cnnn1C. The van der Waals surface area contributed by atoms with Crippen LogP contribution in [0.15, 0.2) is 6.20 Å². The smallest absolute Gasteiger partial charge is 0.115 e. The third-order valence-electron chi connectivity index (χ3n) is 4.16. The molecule has 1 heterocycles. The predicted octanol–water partition coefficient (Wildman–Crippen LogP) is 1.75. The van der Waals surface area contributed by atoms with Crippen molar-refractivity contribution in [3.8, 4) is 0 Å². The van der Waals surface area contributed by atoms with Crippen LogP contribution in [0.1, 0.15) is 52.3 Å². The molecule has 0 amide bonds. The minimum absolute atomic E-state index is 0.237. The van der Waals surface area contributed by atoms with Crippen molar-refractivity contribution in [2.75, 3.05) is 13.1 Å². The first-order valence-corrected chi connectivity index (χ1v) is 6.84. The van der Waals surface area contributed by atoms with Crippen LogP contribution in [0, 0.1) is 0 Å². The lowest BCUT2D eigenvalue weighted by molar-refractivity contribution is -0.0404. The summed E-state index contributed by atoms with van der Waals surface area (Å²) >= 11 is 0. The topological polar surface area (TPSA) is 54.2 Å². The number of aromatic nitrogens is 3. The molecule has 0 aliphatic heterocycles. The summed E-state index contributed by atoms with van der Waals surface area (Å²) in [5.74, 6) is 0. The lowest BCUT2D eigenvalue weighted by Gasteiger charge is -2.45. The van der Waals surface area contributed by atoms with Gasteiger partial charge in [-0.15, -0.1) is 5.10 Å². The van der Waals surface area contributed by atoms with Gasteiger partial charge in [-0.3, -0.25) is 4.90 Å². The molecule has 0 saturated carbocycles. The highest BCUT2D eigenvalue weighted by atomic mass is 16.3. The van der Waals surface area contributed by atoms with Gasteiger partial charge in [0.2, 0.25) is 0 Å². The van der Waals surface area contributed by atoms with E-state index in [4.69, 9.17) is 0 Å². The van der Waals surface area contributed by atoms with Crippen LogP contribution in [0.25, 0.3) is 0 Å². The average molecular weight is 254 g/mol. The maximum Gasteiger partial charge on any atom is 0.115 e. The largest absolute Gasteiger partial charge is 0.385 e. The molecule has 1 unspecified atom stereocenters. The first-order valence-electron chi connectivity index (χ1n) is 6.84. The van der Waals surface area contributed by atoms with Crippen molar-refractivity contribution in [1.82, 2.24) is 19.9 Å². The molecule has 18 heavy (non-hydrogen) atoms. The zero-order valence-corrected chi connectivity index (χ0v) is 12.2. The van der Waals surface area contributed by atoms with E-state index >= 15 is 0 Å². The second kappa shape index (κ2) is 6.29. The van der Waals surface area contributed by atoms with Crippen LogP contribution >= 0.6 is 0 Å². The fourth-order valence-corrected chi connectivity index (χ4v) is 2.93. The first-order chi connectivity index (χ1) is 8.57. The van der Waals surface area contributed by atoms with Gasteiger partial charge in [-0.05, 0) is 25.9 Å². The monoisotopic (exact) mass is 254 g/mol. The number of aliphatic hydroxyl groups is 1. The Hall–Kier alpha value is -0.940. The van der Waals surface area contributed by atoms with E-state index in [1.807, 2.05) is 7.05 Å². The fraction of sp³-hybridized carbons (Fsp3) is 0.846. The fourth-order valence-electron chi connectivity index (χ4n) is 2.93. The molecule has 0 saturated heterocycles. The van der Waals surface area contributed by atoms with Crippen LogP contribution in [0.2, 0.25) is 0 Å². The summed E-state index contributed by atoms with van der Waals surface area (Å²) in [4.78, 5) is 2.34. The van der Waals surface area contributed by atoms with Gasteiger partial charge in [-0.25, -0.2) is 4.68 Å². The summed E-state index contributed by atoms with van der Waals surface area (Å²) < 4.78 is 1.66. The number of aliphatic hydroxyl groups excluding tert-OH is 1. The molecule has 1 N–H and O–H groups in total. The average Bonchev–Trinajstić information content (AvgIpc) is 2.81. The van der Waals surface area contributed by atoms with Gasteiger partial charge in [0.1, 0.15) is 6.10 Å². The normalized spacial score (nSPS) is 14.2. The van der Waals surface area contributed by atoms with E-state index in [0.29, 0.717) is 0 Å². The van der Waals surface area contributed by atoms with Crippen LogP contribution < -0.4 is 0 Å². The van der Waals surface area contributed by atoms with Gasteiger partial charge in [0.25, 0.3) is 0 Å². The molecule has 5 nitrogen and oxygen atoms in total. The lowest BCUT2D eigenvalue weighted by atomic mass is 9.83. The molecule has 0 aliphatic carbocycles. The third-order valence-corrected chi connectivity index (χ3v) is 4.16. The molecule has 1 atom stereocenters. The molecule has 1 aromatic rings. The van der Waals surface area contributed by atoms with Crippen molar-refractivity contribution in [3.05, 3.63) is 11.9 Å². The van der Waals surface area contributed by atoms with Crippen LogP contribution in [0.5, 0.6) is 0 Å². The zero-order valence-electron chi connectivity index (χ0n) is 12.2. The summed E-state index contributed by atoms with van der Waals surface area (Å²) in [6.45, 7) is 10.4. The molecule has 0 bridgehead atoms. The molecule has 0 aliphatic rings. The van der Waals surface area contributed by atoms with Gasteiger partial charge in [-0.1, -0.05) is 32.9 Å². The van der Waals surface area contributed by atoms with E-state index in [1.54, 1.807) is 10.9 Å². The van der Waals surface area contributed by atoms with E-state index in [1.165, 1.54) is 0 Å². The summed E-state index contributed by atoms with van der Waals surface area (Å²) in [7, 11) is 1.82. The second-order valence-corrected chi connectivity index (χ2v) is 4.67. The Kier molecular flexibility index (Phi) is 5.28. The Morgan fingerprint density at radius 2 is 1.83 bits per heavy atom. The Labute approximate surface area is 110 Å². The summed E-state index contributed by atoms with van der Waals surface area (Å²) in [5, 5.41) is 18.6. The van der Waals surface area contributed by atoms with Crippen LogP contribution in [0.3, 0.4) is 0 Å². The van der Waals surface area contributed by atoms with Crippen molar-refractivity contribution < 1.29 is 5.11 Å². The number of hydrogen-bond acceptors (Lipinski definition) is 4. The molecule has 0 radical (unpaired) electrons. The molecular formula is C13H26N4O. The van der Waals surface area contributed by atoms with Gasteiger partial charge in [0.05, 0.1) is 17.4 Å². The van der Waals surface area contributed by atoms with Crippen molar-refractivity contribution in [2.45, 2.75) is 52.2 Å². The second-order valence-electron chi connectivity index (χ2n) is 4.67. The van der Waals surface area contributed by atoms with Crippen molar-refractivity contribution in [1.29, 1.82) is 0 Å². The Bertz CT molecular complexity index is 356. The number of likely N-dealkylation sites (N-methyl/N-ethyl adjacent to an activating group) is 1. The van der Waals surface area contributed by atoms with Crippen LogP contribution in [0.4, 0.5) is 0 Å². The number of aryl methyl sites for hydroxylation is 1. The Morgan fingerprint density at radius 1 is 1.28 bits per heavy atom. The standard InChI is InChI=1S/C13H26N4O/c1-6-13(7-2,17(8-3)9-4)12(18)11-10-14-15-16(11)5/h10,12,18H,6-9H2,1-5H3. The first kappa shape index (κ1) is 15.1. The van der Waals surface area contributed by atoms with E-state index in [9.17, 15) is 5.11 Å². The van der Waals surface area contributed by atoms with E-state index < -0.39 is 6.10 Å². The predicted molar refractivity (Wildman–Crippen MR) is 72.2 cm³/mol. The molecule has 5 heteroatoms. The maximum absolute atomic E-state index is 10.8. The number of rotatable bonds is 7. The molecule has 104 valence electrons. The van der Waals surface area contributed by atoms with Gasteiger partial charge < -0.3 is 5.11 Å². The molecule has 0 fully saturated rings. The van der Waals surface area contributed by atoms with Crippen LogP contribution in [-0.4, -0.2) is 43.6 Å². The van der Waals surface area contributed by atoms with E-state index in [2.05, 4.69) is 42.9 Å². The maximum atomic E-state index is 10.8. The third kappa shape index (κ3) is 2.42. The van der Waals surface area contributed by atoms with Gasteiger partial charge in [0, 0.05) is 7.05 Å².